The average Bonchev–Trinajstić information content (AvgIpc) is 3.31. The minimum absolute atomic E-state index is 0.0230. The Labute approximate surface area is 196 Å². The fourth-order valence-corrected chi connectivity index (χ4v) is 4.97. The molecule has 3 N–H and O–H groups in total. The van der Waals surface area contributed by atoms with Gasteiger partial charge in [0.2, 0.25) is 10.0 Å². The highest BCUT2D eigenvalue weighted by Gasteiger charge is 2.23. The van der Waals surface area contributed by atoms with E-state index < -0.39 is 28.1 Å². The second-order valence-electron chi connectivity index (χ2n) is 7.11. The quantitative estimate of drug-likeness (QED) is 0.398. The number of amides is 1. The molecule has 0 aliphatic carbocycles. The summed E-state index contributed by atoms with van der Waals surface area (Å²) in [6.45, 7) is 2.07. The lowest BCUT2D eigenvalue weighted by atomic mass is 10.1. The lowest BCUT2D eigenvalue weighted by Gasteiger charge is -2.13. The van der Waals surface area contributed by atoms with Gasteiger partial charge in [-0.3, -0.25) is 4.79 Å². The van der Waals surface area contributed by atoms with E-state index in [1.165, 1.54) is 17.0 Å². The highest BCUT2D eigenvalue weighted by molar-refractivity contribution is 7.89. The first-order valence-electron chi connectivity index (χ1n) is 10.2. The van der Waals surface area contributed by atoms with E-state index in [1.54, 1.807) is 54.7 Å². The first kappa shape index (κ1) is 24.4. The van der Waals surface area contributed by atoms with Gasteiger partial charge >= 0.3 is 12.1 Å². The molecular weight excluding hydrogens is 464 g/mol. The summed E-state index contributed by atoms with van der Waals surface area (Å²) in [6, 6.07) is 15.7. The number of hydrogen-bond donors (Lipinski definition) is 3. The average molecular weight is 489 g/mol. The molecule has 174 valence electrons. The smallest absolute Gasteiger partial charge is 0.412 e. The van der Waals surface area contributed by atoms with Crippen molar-refractivity contribution >= 4 is 33.4 Å². The molecule has 0 radical (unpaired) electrons. The molecule has 10 heteroatoms. The molecule has 1 heterocycles. The van der Waals surface area contributed by atoms with Gasteiger partial charge in [-0.25, -0.2) is 13.2 Å². The van der Waals surface area contributed by atoms with Crippen LogP contribution in [0, 0.1) is 0 Å². The van der Waals surface area contributed by atoms with Crippen LogP contribution in [0.4, 0.5) is 4.79 Å². The summed E-state index contributed by atoms with van der Waals surface area (Å²) in [6.07, 6.45) is 0.337. The van der Waals surface area contributed by atoms with Gasteiger partial charge in [0.15, 0.2) is 0 Å². The molecule has 1 unspecified atom stereocenters. The lowest BCUT2D eigenvalue weighted by molar-refractivity contribution is -0.139. The van der Waals surface area contributed by atoms with Crippen LogP contribution in [0.15, 0.2) is 70.9 Å². The monoisotopic (exact) mass is 488 g/mol. The predicted molar refractivity (Wildman–Crippen MR) is 126 cm³/mol. The van der Waals surface area contributed by atoms with Crippen LogP contribution < -0.4 is 14.8 Å². The van der Waals surface area contributed by atoms with E-state index in [0.717, 1.165) is 17.5 Å². The van der Waals surface area contributed by atoms with Crippen molar-refractivity contribution in [1.82, 2.24) is 10.0 Å². The maximum absolute atomic E-state index is 12.4. The van der Waals surface area contributed by atoms with Crippen molar-refractivity contribution in [2.45, 2.75) is 30.7 Å². The molecule has 0 saturated carbocycles. The Morgan fingerprint density at radius 2 is 1.67 bits per heavy atom. The van der Waals surface area contributed by atoms with E-state index in [2.05, 4.69) is 10.0 Å². The zero-order valence-corrected chi connectivity index (χ0v) is 19.5. The van der Waals surface area contributed by atoms with E-state index in [0.29, 0.717) is 12.3 Å². The second-order valence-corrected chi connectivity index (χ2v) is 9.86. The van der Waals surface area contributed by atoms with Crippen LogP contribution in [-0.2, 0) is 21.2 Å². The van der Waals surface area contributed by atoms with E-state index in [9.17, 15) is 18.0 Å². The Morgan fingerprint density at radius 1 is 1.03 bits per heavy atom. The van der Waals surface area contributed by atoms with Crippen molar-refractivity contribution < 1.29 is 27.9 Å². The molecule has 0 aliphatic heterocycles. The Bertz CT molecular complexity index is 1170. The van der Waals surface area contributed by atoms with E-state index in [1.807, 2.05) is 17.5 Å². The highest BCUT2D eigenvalue weighted by Crippen LogP contribution is 2.24. The standard InChI is InChI=1S/C23H24N2O6S2/c1-2-21(22(26)27)25-33(29,30)20-11-7-17(8-12-20)16-5-9-18(10-6-16)31-23(28)24-14-13-19-4-3-15-32-19/h3-12,15,21,25H,2,13-14H2,1H3,(H,24,28)(H,26,27). The van der Waals surface area contributed by atoms with Gasteiger partial charge < -0.3 is 15.2 Å². The number of benzene rings is 2. The summed E-state index contributed by atoms with van der Waals surface area (Å²) in [5.41, 5.74) is 1.56. The van der Waals surface area contributed by atoms with E-state index >= 15 is 0 Å². The third kappa shape index (κ3) is 6.88. The molecule has 1 aromatic heterocycles. The molecule has 33 heavy (non-hydrogen) atoms. The van der Waals surface area contributed by atoms with Crippen molar-refractivity contribution in [2.75, 3.05) is 6.54 Å². The van der Waals surface area contributed by atoms with Gasteiger partial charge in [-0.2, -0.15) is 4.72 Å². The molecule has 0 spiro atoms. The summed E-state index contributed by atoms with van der Waals surface area (Å²) in [5, 5.41) is 13.8. The molecule has 1 atom stereocenters. The Morgan fingerprint density at radius 3 is 2.21 bits per heavy atom. The van der Waals surface area contributed by atoms with Gasteiger partial charge in [0.1, 0.15) is 11.8 Å². The second kappa shape index (κ2) is 11.1. The lowest BCUT2D eigenvalue weighted by Crippen LogP contribution is -2.40. The summed E-state index contributed by atoms with van der Waals surface area (Å²) in [5.74, 6) is -0.841. The SMILES string of the molecule is CCC(NS(=O)(=O)c1ccc(-c2ccc(OC(=O)NCCc3cccs3)cc2)cc1)C(=O)O. The van der Waals surface area contributed by atoms with Gasteiger partial charge in [-0.15, -0.1) is 11.3 Å². The fourth-order valence-electron chi connectivity index (χ4n) is 2.99. The van der Waals surface area contributed by atoms with Crippen molar-refractivity contribution in [3.05, 3.63) is 70.9 Å². The number of carbonyl (C=O) groups is 2. The molecule has 0 fully saturated rings. The number of nitrogens with one attached hydrogen (secondary N) is 2. The number of hydrogen-bond acceptors (Lipinski definition) is 6. The predicted octanol–water partition coefficient (Wildman–Crippen LogP) is 3.89. The molecule has 8 nitrogen and oxygen atoms in total. The first-order valence-corrected chi connectivity index (χ1v) is 12.6. The van der Waals surface area contributed by atoms with Crippen molar-refractivity contribution in [3.8, 4) is 16.9 Å². The molecule has 0 bridgehead atoms. The largest absolute Gasteiger partial charge is 0.480 e. The van der Waals surface area contributed by atoms with Crippen molar-refractivity contribution in [2.24, 2.45) is 0 Å². The van der Waals surface area contributed by atoms with Gasteiger partial charge in [0.25, 0.3) is 0 Å². The Hall–Kier alpha value is -3.21. The molecule has 0 saturated heterocycles. The third-order valence-electron chi connectivity index (χ3n) is 4.79. The number of sulfonamides is 1. The number of rotatable bonds is 10. The van der Waals surface area contributed by atoms with Crippen LogP contribution >= 0.6 is 11.3 Å². The molecule has 0 aliphatic rings. The summed E-state index contributed by atoms with van der Waals surface area (Å²) < 4.78 is 32.3. The third-order valence-corrected chi connectivity index (χ3v) is 7.21. The van der Waals surface area contributed by atoms with Gasteiger partial charge in [0, 0.05) is 11.4 Å². The first-order chi connectivity index (χ1) is 15.8. The van der Waals surface area contributed by atoms with Gasteiger partial charge in [-0.1, -0.05) is 37.3 Å². The van der Waals surface area contributed by atoms with Crippen LogP contribution in [0.25, 0.3) is 11.1 Å². The van der Waals surface area contributed by atoms with Gasteiger partial charge in [0.05, 0.1) is 4.90 Å². The van der Waals surface area contributed by atoms with E-state index in [-0.39, 0.29) is 11.3 Å². The van der Waals surface area contributed by atoms with Crippen LogP contribution in [-0.4, -0.2) is 38.2 Å². The van der Waals surface area contributed by atoms with Crippen LogP contribution in [0.1, 0.15) is 18.2 Å². The number of aliphatic carboxylic acids is 1. The minimum Gasteiger partial charge on any atom is -0.480 e. The normalized spacial score (nSPS) is 12.2. The van der Waals surface area contributed by atoms with Crippen LogP contribution in [0.5, 0.6) is 5.75 Å². The van der Waals surface area contributed by atoms with Gasteiger partial charge in [-0.05, 0) is 59.7 Å². The number of carboxylic acids is 1. The topological polar surface area (TPSA) is 122 Å². The van der Waals surface area contributed by atoms with Crippen molar-refractivity contribution in [1.29, 1.82) is 0 Å². The number of ether oxygens (including phenoxy) is 1. The molecule has 1 amide bonds. The molecular formula is C23H24N2O6S2. The highest BCUT2D eigenvalue weighted by atomic mass is 32.2. The zero-order chi connectivity index (χ0) is 23.8. The maximum atomic E-state index is 12.4. The number of carboxylic acid groups (broad SMARTS) is 1. The zero-order valence-electron chi connectivity index (χ0n) is 17.9. The summed E-state index contributed by atoms with van der Waals surface area (Å²) >= 11 is 1.63. The van der Waals surface area contributed by atoms with Crippen LogP contribution in [0.3, 0.4) is 0 Å². The number of thiophene rings is 1. The Balaban J connectivity index is 1.58. The Kier molecular flexibility index (Phi) is 8.21. The maximum Gasteiger partial charge on any atom is 0.412 e. The number of carbonyl (C=O) groups excluding carboxylic acids is 1. The molecule has 3 rings (SSSR count). The molecule has 3 aromatic rings. The minimum atomic E-state index is -3.95. The van der Waals surface area contributed by atoms with Crippen LogP contribution in [0.2, 0.25) is 0 Å². The van der Waals surface area contributed by atoms with E-state index in [4.69, 9.17) is 9.84 Å². The summed E-state index contributed by atoms with van der Waals surface area (Å²) in [4.78, 5) is 24.2. The fraction of sp³-hybridized carbons (Fsp3) is 0.217. The molecule has 2 aromatic carbocycles. The summed E-state index contributed by atoms with van der Waals surface area (Å²) in [7, 11) is -3.95. The van der Waals surface area contributed by atoms with Crippen molar-refractivity contribution in [3.63, 3.8) is 0 Å².